The maximum Gasteiger partial charge on any atom is 0.287 e. The SMILES string of the molecule is O=C(NCCn1ccc2ccccc21)c1ccc(Br)o1. The fourth-order valence-corrected chi connectivity index (χ4v) is 2.46. The number of furan rings is 1. The van der Waals surface area contributed by atoms with E-state index in [1.807, 2.05) is 18.3 Å². The zero-order chi connectivity index (χ0) is 13.9. The van der Waals surface area contributed by atoms with E-state index in [0.717, 1.165) is 6.54 Å². The Labute approximate surface area is 124 Å². The molecule has 2 aromatic heterocycles. The molecule has 2 heterocycles. The summed E-state index contributed by atoms with van der Waals surface area (Å²) in [6.07, 6.45) is 2.03. The van der Waals surface area contributed by atoms with Crippen molar-refractivity contribution in [3.05, 3.63) is 59.1 Å². The molecule has 1 aromatic carbocycles. The Morgan fingerprint density at radius 3 is 2.85 bits per heavy atom. The molecule has 20 heavy (non-hydrogen) atoms. The van der Waals surface area contributed by atoms with Crippen LogP contribution in [-0.2, 0) is 6.54 Å². The number of nitrogens with one attached hydrogen (secondary N) is 1. The topological polar surface area (TPSA) is 47.2 Å². The number of aromatic nitrogens is 1. The maximum absolute atomic E-state index is 11.8. The van der Waals surface area contributed by atoms with Crippen LogP contribution in [0, 0.1) is 0 Å². The number of rotatable bonds is 4. The quantitative estimate of drug-likeness (QED) is 0.795. The highest BCUT2D eigenvalue weighted by Gasteiger charge is 2.09. The van der Waals surface area contributed by atoms with Gasteiger partial charge in [-0.15, -0.1) is 0 Å². The van der Waals surface area contributed by atoms with Crippen molar-refractivity contribution in [2.24, 2.45) is 0 Å². The summed E-state index contributed by atoms with van der Waals surface area (Å²) >= 11 is 3.18. The van der Waals surface area contributed by atoms with Crippen molar-refractivity contribution in [3.63, 3.8) is 0 Å². The summed E-state index contributed by atoms with van der Waals surface area (Å²) in [5.41, 5.74) is 1.17. The number of carbonyl (C=O) groups is 1. The summed E-state index contributed by atoms with van der Waals surface area (Å²) in [4.78, 5) is 11.8. The van der Waals surface area contributed by atoms with E-state index in [1.54, 1.807) is 12.1 Å². The van der Waals surface area contributed by atoms with Gasteiger partial charge in [-0.05, 0) is 45.6 Å². The van der Waals surface area contributed by atoms with E-state index >= 15 is 0 Å². The summed E-state index contributed by atoms with van der Waals surface area (Å²) in [7, 11) is 0. The van der Waals surface area contributed by atoms with E-state index < -0.39 is 0 Å². The Morgan fingerprint density at radius 2 is 2.05 bits per heavy atom. The zero-order valence-corrected chi connectivity index (χ0v) is 12.3. The Hall–Kier alpha value is -2.01. The van der Waals surface area contributed by atoms with Gasteiger partial charge in [0.25, 0.3) is 5.91 Å². The van der Waals surface area contributed by atoms with E-state index in [4.69, 9.17) is 4.42 Å². The molecule has 3 rings (SSSR count). The minimum absolute atomic E-state index is 0.202. The molecule has 0 unspecified atom stereocenters. The number of halogens is 1. The van der Waals surface area contributed by atoms with Crippen LogP contribution in [0.5, 0.6) is 0 Å². The highest BCUT2D eigenvalue weighted by Crippen LogP contribution is 2.15. The molecule has 0 atom stereocenters. The highest BCUT2D eigenvalue weighted by molar-refractivity contribution is 9.10. The average Bonchev–Trinajstić information content (AvgIpc) is 3.06. The lowest BCUT2D eigenvalue weighted by molar-refractivity contribution is 0.0923. The van der Waals surface area contributed by atoms with Gasteiger partial charge in [0, 0.05) is 24.8 Å². The molecule has 0 saturated carbocycles. The van der Waals surface area contributed by atoms with Gasteiger partial charge in [-0.25, -0.2) is 0 Å². The second-order valence-electron chi connectivity index (χ2n) is 4.43. The molecule has 0 aliphatic heterocycles. The second-order valence-corrected chi connectivity index (χ2v) is 5.21. The van der Waals surface area contributed by atoms with Crippen molar-refractivity contribution in [1.29, 1.82) is 0 Å². The molecule has 102 valence electrons. The summed E-state index contributed by atoms with van der Waals surface area (Å²) in [6.45, 7) is 1.27. The lowest BCUT2D eigenvalue weighted by atomic mass is 10.2. The molecule has 0 spiro atoms. The van der Waals surface area contributed by atoms with Crippen molar-refractivity contribution in [2.75, 3.05) is 6.54 Å². The van der Waals surface area contributed by atoms with Crippen LogP contribution >= 0.6 is 15.9 Å². The van der Waals surface area contributed by atoms with Gasteiger partial charge < -0.3 is 14.3 Å². The molecule has 4 nitrogen and oxygen atoms in total. The first-order chi connectivity index (χ1) is 9.74. The van der Waals surface area contributed by atoms with Gasteiger partial charge in [0.2, 0.25) is 0 Å². The molecule has 0 fully saturated rings. The number of nitrogens with zero attached hydrogens (tertiary/aromatic N) is 1. The van der Waals surface area contributed by atoms with Gasteiger partial charge in [-0.1, -0.05) is 18.2 Å². The fourth-order valence-electron chi connectivity index (χ4n) is 2.15. The molecule has 1 amide bonds. The van der Waals surface area contributed by atoms with Crippen molar-refractivity contribution in [2.45, 2.75) is 6.54 Å². The van der Waals surface area contributed by atoms with Gasteiger partial charge in [-0.2, -0.15) is 0 Å². The molecule has 0 saturated heterocycles. The largest absolute Gasteiger partial charge is 0.444 e. The molecule has 5 heteroatoms. The van der Waals surface area contributed by atoms with Crippen LogP contribution in [0.4, 0.5) is 0 Å². The van der Waals surface area contributed by atoms with Crippen molar-refractivity contribution in [1.82, 2.24) is 9.88 Å². The normalized spacial score (nSPS) is 10.8. The number of carbonyl (C=O) groups excluding carboxylic acids is 1. The van der Waals surface area contributed by atoms with Gasteiger partial charge >= 0.3 is 0 Å². The number of para-hydroxylation sites is 1. The van der Waals surface area contributed by atoms with E-state index in [-0.39, 0.29) is 5.91 Å². The lowest BCUT2D eigenvalue weighted by Gasteiger charge is -2.06. The number of benzene rings is 1. The van der Waals surface area contributed by atoms with Crippen LogP contribution in [0.3, 0.4) is 0 Å². The predicted molar refractivity (Wildman–Crippen MR) is 80.7 cm³/mol. The molecule has 0 aliphatic rings. The average molecular weight is 333 g/mol. The Bertz CT molecular complexity index is 745. The first-order valence-electron chi connectivity index (χ1n) is 6.31. The molecule has 0 radical (unpaired) electrons. The van der Waals surface area contributed by atoms with Crippen LogP contribution in [-0.4, -0.2) is 17.0 Å². The van der Waals surface area contributed by atoms with Crippen LogP contribution in [0.25, 0.3) is 10.9 Å². The Morgan fingerprint density at radius 1 is 1.20 bits per heavy atom. The standard InChI is InChI=1S/C15H13BrN2O2/c16-14-6-5-13(20-14)15(19)17-8-10-18-9-7-11-3-1-2-4-12(11)18/h1-7,9H,8,10H2,(H,17,19). The van der Waals surface area contributed by atoms with Crippen molar-refractivity contribution in [3.8, 4) is 0 Å². The van der Waals surface area contributed by atoms with E-state index in [9.17, 15) is 4.79 Å². The predicted octanol–water partition coefficient (Wildman–Crippen LogP) is 3.43. The molecular formula is C15H13BrN2O2. The minimum Gasteiger partial charge on any atom is -0.444 e. The third-order valence-corrected chi connectivity index (χ3v) is 3.54. The van der Waals surface area contributed by atoms with Gasteiger partial charge in [0.15, 0.2) is 10.4 Å². The number of hydrogen-bond donors (Lipinski definition) is 1. The van der Waals surface area contributed by atoms with Crippen molar-refractivity contribution >= 4 is 32.7 Å². The van der Waals surface area contributed by atoms with Crippen molar-refractivity contribution < 1.29 is 9.21 Å². The fraction of sp³-hybridized carbons (Fsp3) is 0.133. The van der Waals surface area contributed by atoms with E-state index in [1.165, 1.54) is 10.9 Å². The third-order valence-electron chi connectivity index (χ3n) is 3.12. The third kappa shape index (κ3) is 2.63. The summed E-state index contributed by atoms with van der Waals surface area (Å²) in [5, 5.41) is 4.04. The molecule has 3 aromatic rings. The van der Waals surface area contributed by atoms with E-state index in [2.05, 4.69) is 44.0 Å². The van der Waals surface area contributed by atoms with Crippen LogP contribution in [0.15, 0.2) is 57.7 Å². The van der Waals surface area contributed by atoms with Crippen LogP contribution in [0.2, 0.25) is 0 Å². The lowest BCUT2D eigenvalue weighted by Crippen LogP contribution is -2.26. The number of amides is 1. The first-order valence-corrected chi connectivity index (χ1v) is 7.11. The number of fused-ring (bicyclic) bond motifs is 1. The molecule has 1 N–H and O–H groups in total. The second kappa shape index (κ2) is 5.54. The van der Waals surface area contributed by atoms with Crippen LogP contribution in [0.1, 0.15) is 10.6 Å². The van der Waals surface area contributed by atoms with Crippen LogP contribution < -0.4 is 5.32 Å². The first kappa shape index (κ1) is 13.0. The summed E-state index contributed by atoms with van der Waals surface area (Å²) in [6, 6.07) is 13.6. The Balaban J connectivity index is 1.61. The monoisotopic (exact) mass is 332 g/mol. The molecular weight excluding hydrogens is 320 g/mol. The Kier molecular flexibility index (Phi) is 3.60. The number of hydrogen-bond acceptors (Lipinski definition) is 2. The zero-order valence-electron chi connectivity index (χ0n) is 10.7. The minimum atomic E-state index is -0.202. The van der Waals surface area contributed by atoms with Gasteiger partial charge in [0.1, 0.15) is 0 Å². The van der Waals surface area contributed by atoms with E-state index in [0.29, 0.717) is 17.0 Å². The van der Waals surface area contributed by atoms with Gasteiger partial charge in [-0.3, -0.25) is 4.79 Å². The molecule has 0 bridgehead atoms. The molecule has 0 aliphatic carbocycles. The summed E-state index contributed by atoms with van der Waals surface area (Å²) < 4.78 is 7.87. The smallest absolute Gasteiger partial charge is 0.287 e. The summed E-state index contributed by atoms with van der Waals surface area (Å²) in [5.74, 6) is 0.112. The maximum atomic E-state index is 11.8. The highest BCUT2D eigenvalue weighted by atomic mass is 79.9. The van der Waals surface area contributed by atoms with Gasteiger partial charge in [0.05, 0.1) is 0 Å².